The molecule has 0 bridgehead atoms. The highest BCUT2D eigenvalue weighted by atomic mass is 35.5. The van der Waals surface area contributed by atoms with Crippen LogP contribution in [0.2, 0.25) is 0 Å². The van der Waals surface area contributed by atoms with Gasteiger partial charge in [-0.25, -0.2) is 0 Å². The molecule has 154 valence electrons. The number of fused-ring (bicyclic) bond motifs is 1. The highest BCUT2D eigenvalue weighted by Gasteiger charge is 2.49. The van der Waals surface area contributed by atoms with E-state index in [1.165, 1.54) is 0 Å². The van der Waals surface area contributed by atoms with Gasteiger partial charge in [0, 0.05) is 0 Å². The summed E-state index contributed by atoms with van der Waals surface area (Å²) in [6, 6.07) is 13.5. The zero-order valence-electron chi connectivity index (χ0n) is 16.6. The predicted octanol–water partition coefficient (Wildman–Crippen LogP) is 5.98. The Morgan fingerprint density at radius 2 is 1.50 bits per heavy atom. The minimum Gasteiger partial charge on any atom is -0.355 e. The van der Waals surface area contributed by atoms with Gasteiger partial charge in [-0.3, -0.25) is 0 Å². The van der Waals surface area contributed by atoms with Crippen molar-refractivity contribution >= 4 is 12.4 Å². The first-order valence-corrected chi connectivity index (χ1v) is 9.19. The van der Waals surface area contributed by atoms with E-state index in [0.29, 0.717) is 6.42 Å². The van der Waals surface area contributed by atoms with Crippen molar-refractivity contribution in [3.05, 3.63) is 70.8 Å². The fourth-order valence-electron chi connectivity index (χ4n) is 4.02. The second-order valence-electron chi connectivity index (χ2n) is 7.97. The van der Waals surface area contributed by atoms with Crippen LogP contribution >= 0.6 is 12.4 Å². The number of hydrogen-bond acceptors (Lipinski definition) is 2. The monoisotopic (exact) mass is 413 g/mol. The molecule has 28 heavy (non-hydrogen) atoms. The molecule has 0 saturated heterocycles. The highest BCUT2D eigenvalue weighted by molar-refractivity contribution is 5.85. The first kappa shape index (κ1) is 22.7. The maximum absolute atomic E-state index is 13.0. The van der Waals surface area contributed by atoms with Crippen molar-refractivity contribution in [2.24, 2.45) is 0 Å². The summed E-state index contributed by atoms with van der Waals surface area (Å²) >= 11 is 0. The predicted molar refractivity (Wildman–Crippen MR) is 108 cm³/mol. The molecule has 2 aromatic rings. The topological polar surface area (TPSA) is 12.5 Å². The zero-order valence-corrected chi connectivity index (χ0v) is 17.5. The van der Waals surface area contributed by atoms with Crippen molar-refractivity contribution in [1.29, 1.82) is 0 Å². The fraction of sp³-hybridized carbons (Fsp3) is 0.455. The molecule has 0 aliphatic carbocycles. The molecule has 1 atom stereocenters. The molecule has 0 saturated carbocycles. The molecule has 1 aliphatic rings. The van der Waals surface area contributed by atoms with Gasteiger partial charge in [-0.1, -0.05) is 36.4 Å². The summed E-state index contributed by atoms with van der Waals surface area (Å²) in [6.45, 7) is 4.92. The van der Waals surface area contributed by atoms with Crippen molar-refractivity contribution < 1.29 is 17.9 Å². The van der Waals surface area contributed by atoms with Gasteiger partial charge in [-0.05, 0) is 76.2 Å². The van der Waals surface area contributed by atoms with Gasteiger partial charge < -0.3 is 9.64 Å². The second kappa shape index (κ2) is 8.05. The van der Waals surface area contributed by atoms with Crippen LogP contribution in [0, 0.1) is 0 Å². The van der Waals surface area contributed by atoms with E-state index in [-0.39, 0.29) is 12.4 Å². The Bertz CT molecular complexity index is 802. The standard InChI is InChI=1S/C22H26F3NO.ClH/c1-20(2)18-8-5-6-9-19(18)21(27-20,14-7-15-26(3)4)16-10-12-17(13-11-16)22(23,24)25;/h5-6,8-13H,7,14-15H2,1-4H3;1H. The molecular weight excluding hydrogens is 387 g/mol. The van der Waals surface area contributed by atoms with Gasteiger partial charge in [0.15, 0.2) is 0 Å². The molecule has 1 heterocycles. The van der Waals surface area contributed by atoms with Crippen molar-refractivity contribution in [1.82, 2.24) is 4.90 Å². The Morgan fingerprint density at radius 3 is 2.04 bits per heavy atom. The SMILES string of the molecule is CN(C)CCCC1(c2ccc(C(F)(F)F)cc2)OC(C)(C)c2ccccc21.Cl. The number of halogens is 4. The van der Waals surface area contributed by atoms with Gasteiger partial charge in [0.05, 0.1) is 11.2 Å². The number of alkyl halides is 3. The fourth-order valence-corrected chi connectivity index (χ4v) is 4.02. The third-order valence-electron chi connectivity index (χ3n) is 5.25. The lowest BCUT2D eigenvalue weighted by molar-refractivity contribution is -0.137. The van der Waals surface area contributed by atoms with Gasteiger partial charge in [-0.15, -0.1) is 12.4 Å². The summed E-state index contributed by atoms with van der Waals surface area (Å²) < 4.78 is 45.6. The third kappa shape index (κ3) is 4.22. The quantitative estimate of drug-likeness (QED) is 0.598. The molecule has 2 nitrogen and oxygen atoms in total. The largest absolute Gasteiger partial charge is 0.416 e. The maximum atomic E-state index is 13.0. The molecule has 6 heteroatoms. The van der Waals surface area contributed by atoms with Crippen molar-refractivity contribution in [3.63, 3.8) is 0 Å². The molecule has 0 aromatic heterocycles. The molecule has 0 N–H and O–H groups in total. The number of nitrogens with zero attached hydrogens (tertiary/aromatic N) is 1. The van der Waals surface area contributed by atoms with Gasteiger partial charge in [0.2, 0.25) is 0 Å². The Kier molecular flexibility index (Phi) is 6.54. The minimum absolute atomic E-state index is 0. The van der Waals surface area contributed by atoms with Crippen LogP contribution in [-0.2, 0) is 22.1 Å². The van der Waals surface area contributed by atoms with E-state index in [4.69, 9.17) is 4.74 Å². The number of ether oxygens (including phenoxy) is 1. The highest BCUT2D eigenvalue weighted by Crippen LogP contribution is 2.52. The van der Waals surface area contributed by atoms with E-state index in [2.05, 4.69) is 4.90 Å². The molecule has 0 spiro atoms. The van der Waals surface area contributed by atoms with Crippen LogP contribution in [0.15, 0.2) is 48.5 Å². The first-order valence-electron chi connectivity index (χ1n) is 9.19. The Hall–Kier alpha value is -1.56. The van der Waals surface area contributed by atoms with Gasteiger partial charge in [-0.2, -0.15) is 13.2 Å². The van der Waals surface area contributed by atoms with Crippen LogP contribution in [-0.4, -0.2) is 25.5 Å². The third-order valence-corrected chi connectivity index (χ3v) is 5.25. The number of hydrogen-bond donors (Lipinski definition) is 0. The summed E-state index contributed by atoms with van der Waals surface area (Å²) in [5.74, 6) is 0. The summed E-state index contributed by atoms with van der Waals surface area (Å²) in [4.78, 5) is 2.10. The molecule has 3 rings (SSSR count). The Morgan fingerprint density at radius 1 is 0.929 bits per heavy atom. The van der Waals surface area contributed by atoms with Crippen molar-refractivity contribution in [2.75, 3.05) is 20.6 Å². The summed E-state index contributed by atoms with van der Waals surface area (Å²) in [7, 11) is 4.02. The lowest BCUT2D eigenvalue weighted by Crippen LogP contribution is -2.32. The lowest BCUT2D eigenvalue weighted by atomic mass is 9.80. The molecule has 1 aliphatic heterocycles. The molecule has 0 amide bonds. The van der Waals surface area contributed by atoms with Crippen molar-refractivity contribution in [3.8, 4) is 0 Å². The van der Waals surface area contributed by atoms with Crippen molar-refractivity contribution in [2.45, 2.75) is 44.1 Å². The van der Waals surface area contributed by atoms with Crippen LogP contribution in [0.1, 0.15) is 48.9 Å². The van der Waals surface area contributed by atoms with E-state index in [1.54, 1.807) is 12.1 Å². The smallest absolute Gasteiger partial charge is 0.355 e. The molecule has 1 unspecified atom stereocenters. The van der Waals surface area contributed by atoms with Crippen LogP contribution in [0.3, 0.4) is 0 Å². The average molecular weight is 414 g/mol. The van der Waals surface area contributed by atoms with Gasteiger partial charge in [0.1, 0.15) is 5.60 Å². The maximum Gasteiger partial charge on any atom is 0.416 e. The Balaban J connectivity index is 0.00000280. The van der Waals surface area contributed by atoms with E-state index in [9.17, 15) is 13.2 Å². The Labute approximate surface area is 171 Å². The van der Waals surface area contributed by atoms with Crippen LogP contribution in [0.5, 0.6) is 0 Å². The zero-order chi connectivity index (χ0) is 19.9. The van der Waals surface area contributed by atoms with E-state index >= 15 is 0 Å². The first-order chi connectivity index (χ1) is 12.6. The average Bonchev–Trinajstić information content (AvgIpc) is 2.83. The molecule has 2 aromatic carbocycles. The van der Waals surface area contributed by atoms with E-state index in [1.807, 2.05) is 52.2 Å². The molecular formula is C22H27ClF3NO. The molecule has 0 radical (unpaired) electrons. The summed E-state index contributed by atoms with van der Waals surface area (Å²) in [5.41, 5.74) is 1.04. The van der Waals surface area contributed by atoms with Gasteiger partial charge >= 0.3 is 6.18 Å². The van der Waals surface area contributed by atoms with Gasteiger partial charge in [0.25, 0.3) is 0 Å². The number of benzene rings is 2. The van der Waals surface area contributed by atoms with Crippen LogP contribution in [0.25, 0.3) is 0 Å². The summed E-state index contributed by atoms with van der Waals surface area (Å²) in [6.07, 6.45) is -2.76. The van der Waals surface area contributed by atoms with Crippen LogP contribution < -0.4 is 0 Å². The van der Waals surface area contributed by atoms with E-state index in [0.717, 1.165) is 41.8 Å². The lowest BCUT2D eigenvalue weighted by Gasteiger charge is -2.34. The van der Waals surface area contributed by atoms with Crippen LogP contribution in [0.4, 0.5) is 13.2 Å². The normalized spacial score (nSPS) is 20.7. The molecule has 0 fully saturated rings. The minimum atomic E-state index is -4.34. The number of rotatable bonds is 5. The summed E-state index contributed by atoms with van der Waals surface area (Å²) in [5, 5.41) is 0. The van der Waals surface area contributed by atoms with E-state index < -0.39 is 22.9 Å². The second-order valence-corrected chi connectivity index (χ2v) is 7.97.